The summed E-state index contributed by atoms with van der Waals surface area (Å²) in [6.07, 6.45) is 4.89. The Balaban J connectivity index is 4.24. The van der Waals surface area contributed by atoms with Crippen LogP contribution in [-0.2, 0) is 9.53 Å². The molecule has 0 amide bonds. The van der Waals surface area contributed by atoms with Gasteiger partial charge in [0.15, 0.2) is 0 Å². The number of hydrogen-bond donors (Lipinski definition) is 1. The van der Waals surface area contributed by atoms with Gasteiger partial charge in [0.1, 0.15) is 0 Å². The van der Waals surface area contributed by atoms with Gasteiger partial charge in [-0.25, -0.2) is 4.79 Å². The fourth-order valence-electron chi connectivity index (χ4n) is 1.09. The highest BCUT2D eigenvalue weighted by atomic mass is 16.5. The van der Waals surface area contributed by atoms with Crippen molar-refractivity contribution in [3.63, 3.8) is 0 Å². The van der Waals surface area contributed by atoms with Gasteiger partial charge in [0, 0.05) is 11.5 Å². The van der Waals surface area contributed by atoms with Crippen LogP contribution >= 0.6 is 0 Å². The van der Waals surface area contributed by atoms with Gasteiger partial charge in [-0.3, -0.25) is 0 Å². The van der Waals surface area contributed by atoms with Gasteiger partial charge in [0.25, 0.3) is 0 Å². The fraction of sp³-hybridized carbons (Fsp3) is 0.583. The van der Waals surface area contributed by atoms with Crippen LogP contribution in [0.4, 0.5) is 0 Å². The third kappa shape index (κ3) is 4.79. The summed E-state index contributed by atoms with van der Waals surface area (Å²) in [6.45, 7) is 7.42. The van der Waals surface area contributed by atoms with Crippen molar-refractivity contribution >= 4 is 5.97 Å². The zero-order valence-electron chi connectivity index (χ0n) is 9.69. The van der Waals surface area contributed by atoms with Crippen molar-refractivity contribution in [1.29, 1.82) is 0 Å². The summed E-state index contributed by atoms with van der Waals surface area (Å²) < 4.78 is 4.54. The summed E-state index contributed by atoms with van der Waals surface area (Å²) in [7, 11) is 1.31. The van der Waals surface area contributed by atoms with E-state index in [0.29, 0.717) is 5.57 Å². The molecule has 0 saturated carbocycles. The topological polar surface area (TPSA) is 46.5 Å². The molecule has 0 aromatic carbocycles. The molecule has 0 aliphatic carbocycles. The number of hydrogen-bond acceptors (Lipinski definition) is 3. The normalized spacial score (nSPS) is 14.9. The van der Waals surface area contributed by atoms with E-state index in [-0.39, 0.29) is 5.92 Å². The summed E-state index contributed by atoms with van der Waals surface area (Å²) >= 11 is 0. The summed E-state index contributed by atoms with van der Waals surface area (Å²) in [5.74, 6) is -0.781. The molecule has 0 rings (SSSR count). The lowest BCUT2D eigenvalue weighted by Crippen LogP contribution is -2.21. The van der Waals surface area contributed by atoms with Crippen molar-refractivity contribution in [2.45, 2.75) is 32.8 Å². The molecule has 0 fully saturated rings. The van der Waals surface area contributed by atoms with Gasteiger partial charge in [-0.05, 0) is 6.42 Å². The molecular weight excluding hydrogens is 192 g/mol. The third-order valence-corrected chi connectivity index (χ3v) is 2.30. The lowest BCUT2D eigenvalue weighted by atomic mass is 9.96. The third-order valence-electron chi connectivity index (χ3n) is 2.30. The van der Waals surface area contributed by atoms with Crippen LogP contribution < -0.4 is 0 Å². The molecular formula is C12H20O3. The van der Waals surface area contributed by atoms with Crippen LogP contribution in [0.5, 0.6) is 0 Å². The number of esters is 1. The molecule has 0 aromatic heterocycles. The predicted octanol–water partition coefficient (Wildman–Crippen LogP) is 2.07. The molecule has 0 unspecified atom stereocenters. The molecule has 0 aliphatic heterocycles. The van der Waals surface area contributed by atoms with E-state index in [4.69, 9.17) is 0 Å². The summed E-state index contributed by atoms with van der Waals surface area (Å²) in [6, 6.07) is 0. The van der Waals surface area contributed by atoms with Crippen LogP contribution in [-0.4, -0.2) is 24.3 Å². The number of unbranched alkanes of at least 4 members (excludes halogenated alkanes) is 1. The molecule has 3 heteroatoms. The quantitative estimate of drug-likeness (QED) is 0.416. The number of carbonyl (C=O) groups is 1. The zero-order valence-corrected chi connectivity index (χ0v) is 9.69. The highest BCUT2D eigenvalue weighted by Crippen LogP contribution is 2.15. The van der Waals surface area contributed by atoms with E-state index in [1.165, 1.54) is 7.11 Å². The Kier molecular flexibility index (Phi) is 6.71. The van der Waals surface area contributed by atoms with Crippen molar-refractivity contribution in [1.82, 2.24) is 0 Å². The Morgan fingerprint density at radius 2 is 2.20 bits per heavy atom. The number of carbonyl (C=O) groups excluding carboxylic acids is 1. The minimum Gasteiger partial charge on any atom is -0.466 e. The highest BCUT2D eigenvalue weighted by Gasteiger charge is 2.20. The Hall–Kier alpha value is -1.09. The minimum atomic E-state index is -0.678. The second kappa shape index (κ2) is 7.23. The molecule has 15 heavy (non-hydrogen) atoms. The first-order valence-electron chi connectivity index (χ1n) is 5.16. The average molecular weight is 212 g/mol. The largest absolute Gasteiger partial charge is 0.466 e. The lowest BCUT2D eigenvalue weighted by Gasteiger charge is -2.16. The maximum atomic E-state index is 11.1. The molecule has 0 radical (unpaired) electrons. The number of aliphatic hydroxyl groups excluding tert-OH is 1. The monoisotopic (exact) mass is 212 g/mol. The number of rotatable bonds is 6. The zero-order chi connectivity index (χ0) is 11.8. The first-order valence-corrected chi connectivity index (χ1v) is 5.16. The highest BCUT2D eigenvalue weighted by molar-refractivity contribution is 5.88. The molecule has 0 aliphatic rings. The average Bonchev–Trinajstić information content (AvgIpc) is 2.26. The van der Waals surface area contributed by atoms with Crippen LogP contribution in [0.1, 0.15) is 26.7 Å². The standard InChI is InChI=1S/C12H20O3/c1-5-6-7-8-11(13)9(2)10(3)12(14)15-4/h7-9,11,13H,3,5-6H2,1-2,4H3/b8-7+/t9-,11-/m1/s1. The SMILES string of the molecule is C=C(C(=O)OC)[C@@H](C)[C@H](O)/C=C/CCC. The van der Waals surface area contributed by atoms with Crippen molar-refractivity contribution in [3.05, 3.63) is 24.3 Å². The van der Waals surface area contributed by atoms with Gasteiger partial charge in [-0.2, -0.15) is 0 Å². The Bertz CT molecular complexity index is 243. The molecule has 86 valence electrons. The van der Waals surface area contributed by atoms with Gasteiger partial charge in [0.2, 0.25) is 0 Å². The molecule has 1 N–H and O–H groups in total. The van der Waals surface area contributed by atoms with Crippen molar-refractivity contribution in [3.8, 4) is 0 Å². The molecule has 0 spiro atoms. The lowest BCUT2D eigenvalue weighted by molar-refractivity contribution is -0.137. The summed E-state index contributed by atoms with van der Waals surface area (Å²) in [5.41, 5.74) is 0.297. The van der Waals surface area contributed by atoms with E-state index in [1.807, 2.05) is 6.08 Å². The van der Waals surface area contributed by atoms with Gasteiger partial charge in [-0.1, -0.05) is 39.0 Å². The molecule has 0 bridgehead atoms. The second-order valence-corrected chi connectivity index (χ2v) is 3.51. The molecule has 3 nitrogen and oxygen atoms in total. The van der Waals surface area contributed by atoms with E-state index >= 15 is 0 Å². The van der Waals surface area contributed by atoms with Gasteiger partial charge >= 0.3 is 5.97 Å². The Morgan fingerprint density at radius 1 is 1.60 bits per heavy atom. The van der Waals surface area contributed by atoms with E-state index in [9.17, 15) is 9.90 Å². The van der Waals surface area contributed by atoms with Crippen molar-refractivity contribution in [2.24, 2.45) is 5.92 Å². The molecule has 0 aromatic rings. The number of aliphatic hydroxyl groups is 1. The van der Waals surface area contributed by atoms with Gasteiger partial charge in [-0.15, -0.1) is 0 Å². The van der Waals surface area contributed by atoms with Crippen LogP contribution in [0.25, 0.3) is 0 Å². The van der Waals surface area contributed by atoms with Crippen molar-refractivity contribution < 1.29 is 14.6 Å². The predicted molar refractivity (Wildman–Crippen MR) is 60.4 cm³/mol. The van der Waals surface area contributed by atoms with Crippen LogP contribution in [0.15, 0.2) is 24.3 Å². The molecule has 2 atom stereocenters. The summed E-state index contributed by atoms with van der Waals surface area (Å²) in [5, 5.41) is 9.70. The number of methoxy groups -OCH3 is 1. The molecule has 0 heterocycles. The minimum absolute atomic E-state index is 0.297. The smallest absolute Gasteiger partial charge is 0.333 e. The first kappa shape index (κ1) is 13.9. The second-order valence-electron chi connectivity index (χ2n) is 3.51. The Labute approximate surface area is 91.4 Å². The Morgan fingerprint density at radius 3 is 2.67 bits per heavy atom. The maximum Gasteiger partial charge on any atom is 0.333 e. The number of ether oxygens (including phenoxy) is 1. The van der Waals surface area contributed by atoms with Crippen LogP contribution in [0, 0.1) is 5.92 Å². The fourth-order valence-corrected chi connectivity index (χ4v) is 1.09. The first-order chi connectivity index (χ1) is 7.04. The van der Waals surface area contributed by atoms with E-state index in [0.717, 1.165) is 12.8 Å². The van der Waals surface area contributed by atoms with E-state index < -0.39 is 12.1 Å². The van der Waals surface area contributed by atoms with Crippen LogP contribution in [0.2, 0.25) is 0 Å². The van der Waals surface area contributed by atoms with Crippen LogP contribution in [0.3, 0.4) is 0 Å². The summed E-state index contributed by atoms with van der Waals surface area (Å²) in [4.78, 5) is 11.1. The van der Waals surface area contributed by atoms with Crippen molar-refractivity contribution in [2.75, 3.05) is 7.11 Å². The van der Waals surface area contributed by atoms with E-state index in [2.05, 4.69) is 18.2 Å². The van der Waals surface area contributed by atoms with E-state index in [1.54, 1.807) is 13.0 Å². The number of allylic oxidation sites excluding steroid dienone is 1. The van der Waals surface area contributed by atoms with Gasteiger partial charge < -0.3 is 9.84 Å². The molecule has 0 saturated heterocycles. The van der Waals surface area contributed by atoms with Gasteiger partial charge in [0.05, 0.1) is 13.2 Å². The maximum absolute atomic E-state index is 11.1.